The van der Waals surface area contributed by atoms with Gasteiger partial charge in [-0.25, -0.2) is 9.64 Å². The normalized spacial score (nSPS) is 16.0. The van der Waals surface area contributed by atoms with E-state index < -0.39 is 5.60 Å². The molecule has 3 aromatic rings. The second kappa shape index (κ2) is 9.79. The predicted molar refractivity (Wildman–Crippen MR) is 137 cm³/mol. The van der Waals surface area contributed by atoms with E-state index in [0.29, 0.717) is 36.0 Å². The lowest BCUT2D eigenvalue weighted by atomic mass is 10.0. The van der Waals surface area contributed by atoms with Gasteiger partial charge in [0.1, 0.15) is 17.0 Å². The van der Waals surface area contributed by atoms with E-state index >= 15 is 0 Å². The molecule has 1 saturated heterocycles. The average molecular weight is 474 g/mol. The summed E-state index contributed by atoms with van der Waals surface area (Å²) in [6, 6.07) is 11.5. The standard InChI is InChI=1S/C27H31N5O3/c1-17-9-11-20-22(14-17)25(29-19-8-7-13-32(16-19)26(33)35-27(2,3)4)31-30-24(20)21-12-10-18(28-5)15-23(21)34-6/h9-12,14-15,19H,7-8,13,16H2,1-4,6H3,(H,29,31)/t19-/m1/s1. The molecule has 35 heavy (non-hydrogen) atoms. The van der Waals surface area contributed by atoms with Gasteiger partial charge >= 0.3 is 6.09 Å². The van der Waals surface area contributed by atoms with Gasteiger partial charge in [-0.2, -0.15) is 0 Å². The zero-order valence-electron chi connectivity index (χ0n) is 20.9. The average Bonchev–Trinajstić information content (AvgIpc) is 2.83. The first-order valence-electron chi connectivity index (χ1n) is 11.8. The van der Waals surface area contributed by atoms with Crippen LogP contribution in [0.2, 0.25) is 0 Å². The van der Waals surface area contributed by atoms with Crippen LogP contribution >= 0.6 is 0 Å². The van der Waals surface area contributed by atoms with Crippen molar-refractivity contribution in [2.45, 2.75) is 52.2 Å². The third-order valence-electron chi connectivity index (χ3n) is 5.92. The highest BCUT2D eigenvalue weighted by Crippen LogP contribution is 2.37. The summed E-state index contributed by atoms with van der Waals surface area (Å²) in [4.78, 5) is 17.8. The Balaban J connectivity index is 1.66. The fourth-order valence-corrected chi connectivity index (χ4v) is 4.30. The highest BCUT2D eigenvalue weighted by molar-refractivity contribution is 6.01. The molecule has 0 aliphatic carbocycles. The highest BCUT2D eigenvalue weighted by atomic mass is 16.6. The Morgan fingerprint density at radius 1 is 1.17 bits per heavy atom. The van der Waals surface area contributed by atoms with Crippen molar-refractivity contribution in [1.29, 1.82) is 0 Å². The van der Waals surface area contributed by atoms with E-state index in [1.165, 1.54) is 0 Å². The van der Waals surface area contributed by atoms with Gasteiger partial charge in [0, 0.05) is 35.5 Å². The minimum Gasteiger partial charge on any atom is -0.497 e. The second-order valence-corrected chi connectivity index (χ2v) is 9.85. The lowest BCUT2D eigenvalue weighted by Gasteiger charge is -2.34. The summed E-state index contributed by atoms with van der Waals surface area (Å²) in [6.07, 6.45) is 1.51. The van der Waals surface area contributed by atoms with E-state index in [-0.39, 0.29) is 12.1 Å². The smallest absolute Gasteiger partial charge is 0.410 e. The van der Waals surface area contributed by atoms with Gasteiger partial charge in [-0.15, -0.1) is 10.2 Å². The number of methoxy groups -OCH3 is 1. The monoisotopic (exact) mass is 473 g/mol. The lowest BCUT2D eigenvalue weighted by molar-refractivity contribution is 0.0206. The summed E-state index contributed by atoms with van der Waals surface area (Å²) in [5.74, 6) is 1.26. The topological polar surface area (TPSA) is 80.9 Å². The van der Waals surface area contributed by atoms with Gasteiger partial charge in [-0.3, -0.25) is 0 Å². The van der Waals surface area contributed by atoms with Crippen LogP contribution in [0.3, 0.4) is 0 Å². The number of rotatable bonds is 4. The number of hydrogen-bond donors (Lipinski definition) is 1. The molecule has 0 spiro atoms. The highest BCUT2D eigenvalue weighted by Gasteiger charge is 2.28. The SMILES string of the molecule is [C-]#[N+]c1ccc(-c2nnc(N[C@@H]3CCCN(C(=O)OC(C)(C)C)C3)c3cc(C)ccc23)c(OC)c1. The number of nitrogens with one attached hydrogen (secondary N) is 1. The van der Waals surface area contributed by atoms with Crippen LogP contribution in [-0.2, 0) is 4.74 Å². The Hall–Kier alpha value is -3.86. The van der Waals surface area contributed by atoms with E-state index in [4.69, 9.17) is 16.0 Å². The Bertz CT molecular complexity index is 1290. The van der Waals surface area contributed by atoms with Gasteiger partial charge in [-0.1, -0.05) is 29.8 Å². The van der Waals surface area contributed by atoms with Crippen LogP contribution < -0.4 is 10.1 Å². The van der Waals surface area contributed by atoms with E-state index in [9.17, 15) is 4.79 Å². The lowest BCUT2D eigenvalue weighted by Crippen LogP contribution is -2.47. The number of ether oxygens (including phenoxy) is 2. The van der Waals surface area contributed by atoms with Gasteiger partial charge < -0.3 is 19.7 Å². The molecule has 8 heteroatoms. The van der Waals surface area contributed by atoms with Crippen LogP contribution in [0, 0.1) is 13.5 Å². The number of anilines is 1. The number of carbonyl (C=O) groups excluding carboxylic acids is 1. The van der Waals surface area contributed by atoms with Gasteiger partial charge in [0.15, 0.2) is 11.5 Å². The summed E-state index contributed by atoms with van der Waals surface area (Å²) in [7, 11) is 1.59. The van der Waals surface area contributed by atoms with Gasteiger partial charge in [0.05, 0.1) is 13.7 Å². The molecule has 1 fully saturated rings. The van der Waals surface area contributed by atoms with Crippen molar-refractivity contribution in [2.24, 2.45) is 0 Å². The molecule has 1 aliphatic heterocycles. The van der Waals surface area contributed by atoms with Crippen molar-refractivity contribution in [3.8, 4) is 17.0 Å². The Labute approximate surface area is 206 Å². The van der Waals surface area contributed by atoms with E-state index in [1.807, 2.05) is 45.9 Å². The number of amides is 1. The number of aryl methyl sites for hydroxylation is 1. The summed E-state index contributed by atoms with van der Waals surface area (Å²) < 4.78 is 11.1. The number of fused-ring (bicyclic) bond motifs is 1. The summed E-state index contributed by atoms with van der Waals surface area (Å²) in [5, 5.41) is 14.5. The van der Waals surface area contributed by atoms with Crippen molar-refractivity contribution >= 4 is 28.4 Å². The molecule has 0 saturated carbocycles. The molecule has 4 rings (SSSR count). The van der Waals surface area contributed by atoms with Gasteiger partial charge in [-0.05, 0) is 52.7 Å². The first-order chi connectivity index (χ1) is 16.7. The van der Waals surface area contributed by atoms with Crippen LogP contribution in [-0.4, -0.2) is 53.0 Å². The number of likely N-dealkylation sites (tertiary alicyclic amines) is 1. The van der Waals surface area contributed by atoms with Crippen molar-refractivity contribution in [1.82, 2.24) is 15.1 Å². The molecule has 1 aromatic heterocycles. The molecule has 1 N–H and O–H groups in total. The minimum atomic E-state index is -0.527. The fourth-order valence-electron chi connectivity index (χ4n) is 4.30. The number of piperidine rings is 1. The maximum absolute atomic E-state index is 12.6. The quantitative estimate of drug-likeness (QED) is 0.470. The van der Waals surface area contributed by atoms with Crippen LogP contribution in [0.15, 0.2) is 36.4 Å². The van der Waals surface area contributed by atoms with Crippen LogP contribution in [0.4, 0.5) is 16.3 Å². The second-order valence-electron chi connectivity index (χ2n) is 9.85. The van der Waals surface area contributed by atoms with Gasteiger partial charge in [0.25, 0.3) is 0 Å². The zero-order valence-corrected chi connectivity index (χ0v) is 20.9. The molecule has 2 aromatic carbocycles. The summed E-state index contributed by atoms with van der Waals surface area (Å²) in [6.45, 7) is 16.2. The molecule has 0 bridgehead atoms. The first kappa shape index (κ1) is 24.3. The zero-order chi connectivity index (χ0) is 25.2. The van der Waals surface area contributed by atoms with Crippen molar-refractivity contribution in [2.75, 3.05) is 25.5 Å². The Kier molecular flexibility index (Phi) is 6.79. The number of aromatic nitrogens is 2. The molecule has 1 aliphatic rings. The largest absolute Gasteiger partial charge is 0.497 e. The third kappa shape index (κ3) is 5.46. The fraction of sp³-hybridized carbons (Fsp3) is 0.407. The van der Waals surface area contributed by atoms with Crippen molar-refractivity contribution in [3.63, 3.8) is 0 Å². The van der Waals surface area contributed by atoms with E-state index in [2.05, 4.69) is 26.4 Å². The molecule has 0 unspecified atom stereocenters. The Morgan fingerprint density at radius 2 is 1.97 bits per heavy atom. The first-order valence-corrected chi connectivity index (χ1v) is 11.8. The van der Waals surface area contributed by atoms with Gasteiger partial charge in [0.2, 0.25) is 0 Å². The number of carbonyl (C=O) groups is 1. The predicted octanol–water partition coefficient (Wildman–Crippen LogP) is 5.98. The van der Waals surface area contributed by atoms with Crippen LogP contribution in [0.5, 0.6) is 5.75 Å². The minimum absolute atomic E-state index is 0.0348. The molecular formula is C27H31N5O3. The van der Waals surface area contributed by atoms with Crippen molar-refractivity contribution in [3.05, 3.63) is 53.4 Å². The maximum atomic E-state index is 12.6. The molecule has 182 valence electrons. The maximum Gasteiger partial charge on any atom is 0.410 e. The summed E-state index contributed by atoms with van der Waals surface area (Å²) in [5.41, 5.74) is 2.55. The molecule has 2 heterocycles. The molecule has 0 radical (unpaired) electrons. The molecule has 1 amide bonds. The molecular weight excluding hydrogens is 442 g/mol. The summed E-state index contributed by atoms with van der Waals surface area (Å²) >= 11 is 0. The molecule has 1 atom stereocenters. The van der Waals surface area contributed by atoms with Crippen LogP contribution in [0.25, 0.3) is 26.9 Å². The van der Waals surface area contributed by atoms with Crippen LogP contribution in [0.1, 0.15) is 39.2 Å². The van der Waals surface area contributed by atoms with E-state index in [1.54, 1.807) is 24.1 Å². The number of benzene rings is 2. The number of nitrogens with zero attached hydrogens (tertiary/aromatic N) is 4. The number of hydrogen-bond acceptors (Lipinski definition) is 6. The van der Waals surface area contributed by atoms with Crippen molar-refractivity contribution < 1.29 is 14.3 Å². The third-order valence-corrected chi connectivity index (χ3v) is 5.92. The molecule has 8 nitrogen and oxygen atoms in total. The van der Waals surface area contributed by atoms with E-state index in [0.717, 1.165) is 34.7 Å². The Morgan fingerprint density at radius 3 is 2.69 bits per heavy atom.